The minimum atomic E-state index is -1.96. The molecule has 1 aliphatic heterocycles. The second kappa shape index (κ2) is 8.48. The van der Waals surface area contributed by atoms with Crippen LogP contribution in [0.2, 0.25) is 0 Å². The molecule has 2 aromatic carbocycles. The molecule has 1 amide bonds. The molecule has 2 unspecified atom stereocenters. The van der Waals surface area contributed by atoms with Crippen molar-refractivity contribution in [1.82, 2.24) is 5.43 Å². The molecule has 4 rings (SSSR count). The summed E-state index contributed by atoms with van der Waals surface area (Å²) in [4.78, 5) is 25.3. The van der Waals surface area contributed by atoms with Crippen LogP contribution in [0.5, 0.6) is 0 Å². The zero-order chi connectivity index (χ0) is 23.8. The van der Waals surface area contributed by atoms with Crippen LogP contribution in [-0.2, 0) is 9.59 Å². The standard InChI is InChI=1S/C25H24N4O4/c1-15-11-12-19(14-16(15)2)29-23(31)21(17(3)27-29)26-28-25(24(32)33)13-7-10-20(22(25)30)18-8-5-4-6-9-18/h4-14,22,28,30H,1-3H3,(H,32,33). The van der Waals surface area contributed by atoms with E-state index in [1.54, 1.807) is 49.4 Å². The Labute approximate surface area is 191 Å². The highest BCUT2D eigenvalue weighted by molar-refractivity contribution is 6.71. The molecule has 1 aliphatic carbocycles. The number of hydrogen-bond donors (Lipinski definition) is 3. The topological polar surface area (TPSA) is 115 Å². The molecule has 8 nitrogen and oxygen atoms in total. The molecule has 2 aliphatic rings. The number of aliphatic hydroxyl groups is 1. The van der Waals surface area contributed by atoms with Crippen molar-refractivity contribution in [3.05, 3.63) is 83.4 Å². The summed E-state index contributed by atoms with van der Waals surface area (Å²) < 4.78 is 0. The van der Waals surface area contributed by atoms with Gasteiger partial charge in [0.25, 0.3) is 0 Å². The smallest absolute Gasteiger partial charge is 0.338 e. The van der Waals surface area contributed by atoms with Crippen molar-refractivity contribution in [2.24, 2.45) is 10.2 Å². The highest BCUT2D eigenvalue weighted by atomic mass is 16.4. The highest BCUT2D eigenvalue weighted by Gasteiger charge is 2.47. The number of carbonyl (C=O) groups is 2. The number of aliphatic hydroxyl groups excluding tert-OH is 1. The van der Waals surface area contributed by atoms with Gasteiger partial charge in [-0.3, -0.25) is 10.2 Å². The number of allylic oxidation sites excluding steroid dienone is 2. The first-order valence-corrected chi connectivity index (χ1v) is 10.4. The number of carboxylic acid groups (broad SMARTS) is 1. The molecule has 0 bridgehead atoms. The minimum absolute atomic E-state index is 0.0229. The number of hydrazone groups is 2. The summed E-state index contributed by atoms with van der Waals surface area (Å²) in [5, 5.41) is 30.7. The Morgan fingerprint density at radius 1 is 1.12 bits per heavy atom. The van der Waals surface area contributed by atoms with Crippen molar-refractivity contribution in [3.8, 4) is 0 Å². The van der Waals surface area contributed by atoms with Crippen molar-refractivity contribution in [3.63, 3.8) is 0 Å². The van der Waals surface area contributed by atoms with Gasteiger partial charge in [-0.25, -0.2) is 4.79 Å². The number of carboxylic acids is 1. The molecule has 1 heterocycles. The third-order valence-corrected chi connectivity index (χ3v) is 5.90. The van der Waals surface area contributed by atoms with Crippen molar-refractivity contribution in [2.75, 3.05) is 5.01 Å². The van der Waals surface area contributed by atoms with Gasteiger partial charge in [0, 0.05) is 0 Å². The molecule has 2 aromatic rings. The summed E-state index contributed by atoms with van der Waals surface area (Å²) in [5.41, 5.74) is 4.71. The second-order valence-corrected chi connectivity index (χ2v) is 8.07. The van der Waals surface area contributed by atoms with E-state index in [1.807, 2.05) is 32.0 Å². The molecule has 33 heavy (non-hydrogen) atoms. The Bertz CT molecular complexity index is 1250. The van der Waals surface area contributed by atoms with E-state index in [0.29, 0.717) is 22.5 Å². The van der Waals surface area contributed by atoms with Crippen LogP contribution in [0.25, 0.3) is 5.57 Å². The second-order valence-electron chi connectivity index (χ2n) is 8.07. The van der Waals surface area contributed by atoms with Crippen molar-refractivity contribution in [2.45, 2.75) is 32.4 Å². The lowest BCUT2D eigenvalue weighted by molar-refractivity contribution is -0.145. The Morgan fingerprint density at radius 2 is 1.85 bits per heavy atom. The first kappa shape index (κ1) is 22.2. The van der Waals surface area contributed by atoms with Gasteiger partial charge >= 0.3 is 11.9 Å². The predicted octanol–water partition coefficient (Wildman–Crippen LogP) is 2.81. The van der Waals surface area contributed by atoms with E-state index in [4.69, 9.17) is 0 Å². The third kappa shape index (κ3) is 3.85. The van der Waals surface area contributed by atoms with Gasteiger partial charge in [-0.2, -0.15) is 15.2 Å². The number of aliphatic carboxylic acids is 1. The molecule has 0 saturated carbocycles. The van der Waals surface area contributed by atoms with E-state index >= 15 is 0 Å². The quantitative estimate of drug-likeness (QED) is 0.614. The molecule has 0 saturated heterocycles. The minimum Gasteiger partial charge on any atom is -0.479 e. The number of rotatable bonds is 5. The van der Waals surface area contributed by atoms with Crippen LogP contribution < -0.4 is 10.4 Å². The summed E-state index contributed by atoms with van der Waals surface area (Å²) in [7, 11) is 0. The predicted molar refractivity (Wildman–Crippen MR) is 127 cm³/mol. The van der Waals surface area contributed by atoms with Crippen molar-refractivity contribution >= 4 is 34.6 Å². The van der Waals surface area contributed by atoms with Gasteiger partial charge in [0.05, 0.1) is 11.4 Å². The summed E-state index contributed by atoms with van der Waals surface area (Å²) in [6.45, 7) is 5.54. The number of anilines is 1. The summed E-state index contributed by atoms with van der Waals surface area (Å²) >= 11 is 0. The fourth-order valence-corrected chi connectivity index (χ4v) is 3.76. The monoisotopic (exact) mass is 444 g/mol. The first-order chi connectivity index (χ1) is 15.7. The number of nitrogens with zero attached hydrogens (tertiary/aromatic N) is 3. The van der Waals surface area contributed by atoms with Crippen LogP contribution in [-0.4, -0.2) is 45.2 Å². The summed E-state index contributed by atoms with van der Waals surface area (Å²) in [5.74, 6) is -1.82. The Morgan fingerprint density at radius 3 is 2.52 bits per heavy atom. The van der Waals surface area contributed by atoms with Gasteiger partial charge < -0.3 is 10.2 Å². The SMILES string of the molecule is CC1=NN(c2ccc(C)c(C)c2)C(=O)C1=NNC1(C(=O)O)C=CC=C(c2ccccc2)C1O. The molecule has 0 radical (unpaired) electrons. The average Bonchev–Trinajstić information content (AvgIpc) is 3.09. The van der Waals surface area contributed by atoms with E-state index in [0.717, 1.165) is 11.1 Å². The number of aryl methyl sites for hydroxylation is 2. The maximum absolute atomic E-state index is 13.0. The lowest BCUT2D eigenvalue weighted by Crippen LogP contribution is -2.58. The van der Waals surface area contributed by atoms with E-state index in [9.17, 15) is 19.8 Å². The van der Waals surface area contributed by atoms with E-state index in [2.05, 4.69) is 15.6 Å². The van der Waals surface area contributed by atoms with Gasteiger partial charge in [0.15, 0.2) is 11.3 Å². The maximum atomic E-state index is 13.0. The van der Waals surface area contributed by atoms with Crippen LogP contribution in [0.3, 0.4) is 0 Å². The number of amides is 1. The highest BCUT2D eigenvalue weighted by Crippen LogP contribution is 2.31. The molecule has 0 aromatic heterocycles. The summed E-state index contributed by atoms with van der Waals surface area (Å²) in [6.07, 6.45) is 3.08. The Hall–Kier alpha value is -4.04. The maximum Gasteiger partial charge on any atom is 0.338 e. The van der Waals surface area contributed by atoms with Crippen molar-refractivity contribution in [1.29, 1.82) is 0 Å². The van der Waals surface area contributed by atoms with E-state index in [-0.39, 0.29) is 5.71 Å². The van der Waals surface area contributed by atoms with E-state index in [1.165, 1.54) is 11.1 Å². The van der Waals surface area contributed by atoms with Gasteiger partial charge in [-0.15, -0.1) is 0 Å². The summed E-state index contributed by atoms with van der Waals surface area (Å²) in [6, 6.07) is 14.5. The van der Waals surface area contributed by atoms with Gasteiger partial charge in [-0.1, -0.05) is 48.6 Å². The van der Waals surface area contributed by atoms with Crippen LogP contribution in [0, 0.1) is 13.8 Å². The molecular formula is C25H24N4O4. The van der Waals surface area contributed by atoms with E-state index < -0.39 is 23.5 Å². The zero-order valence-corrected chi connectivity index (χ0v) is 18.5. The number of nitrogens with one attached hydrogen (secondary N) is 1. The molecule has 8 heteroatoms. The third-order valence-electron chi connectivity index (χ3n) is 5.90. The fraction of sp³-hybridized carbons (Fsp3) is 0.200. The van der Waals surface area contributed by atoms with Crippen LogP contribution in [0.4, 0.5) is 5.69 Å². The average molecular weight is 444 g/mol. The Balaban J connectivity index is 1.64. The zero-order valence-electron chi connectivity index (χ0n) is 18.5. The largest absolute Gasteiger partial charge is 0.479 e. The van der Waals surface area contributed by atoms with Gasteiger partial charge in [-0.05, 0) is 61.2 Å². The molecular weight excluding hydrogens is 420 g/mol. The molecule has 2 atom stereocenters. The fourth-order valence-electron chi connectivity index (χ4n) is 3.76. The number of carbonyl (C=O) groups excluding carboxylic acids is 1. The van der Waals surface area contributed by atoms with Crippen LogP contribution >= 0.6 is 0 Å². The first-order valence-electron chi connectivity index (χ1n) is 10.4. The lowest BCUT2D eigenvalue weighted by atomic mass is 9.81. The Kier molecular flexibility index (Phi) is 5.69. The molecule has 0 fully saturated rings. The van der Waals surface area contributed by atoms with Crippen LogP contribution in [0.1, 0.15) is 23.6 Å². The number of hydrogen-bond acceptors (Lipinski definition) is 6. The normalized spacial score (nSPS) is 23.5. The van der Waals surface area contributed by atoms with Gasteiger partial charge in [0.1, 0.15) is 6.10 Å². The van der Waals surface area contributed by atoms with Crippen molar-refractivity contribution < 1.29 is 19.8 Å². The number of benzene rings is 2. The van der Waals surface area contributed by atoms with Gasteiger partial charge in [0.2, 0.25) is 0 Å². The van der Waals surface area contributed by atoms with Crippen LogP contribution in [0.15, 0.2) is 77.0 Å². The molecule has 168 valence electrons. The molecule has 0 spiro atoms. The molecule has 3 N–H and O–H groups in total. The lowest BCUT2D eigenvalue weighted by Gasteiger charge is -2.34.